The molecule has 0 atom stereocenters. The molecule has 1 amide bonds. The van der Waals surface area contributed by atoms with Gasteiger partial charge in [-0.15, -0.1) is 0 Å². The zero-order valence-electron chi connectivity index (χ0n) is 14.9. The predicted octanol–water partition coefficient (Wildman–Crippen LogP) is 5.79. The van der Waals surface area contributed by atoms with Gasteiger partial charge in [-0.25, -0.2) is 0 Å². The van der Waals surface area contributed by atoms with Gasteiger partial charge in [0.2, 0.25) is 5.91 Å². The molecule has 0 aliphatic rings. The summed E-state index contributed by atoms with van der Waals surface area (Å²) in [6, 6.07) is 11.5. The van der Waals surface area contributed by atoms with E-state index in [1.165, 1.54) is 6.08 Å². The molecule has 0 fully saturated rings. The van der Waals surface area contributed by atoms with Gasteiger partial charge >= 0.3 is 0 Å². The first kappa shape index (κ1) is 19.1. The van der Waals surface area contributed by atoms with Crippen LogP contribution in [0.15, 0.2) is 42.5 Å². The Morgan fingerprint density at radius 1 is 1.24 bits per heavy atom. The lowest BCUT2D eigenvalue weighted by molar-refractivity contribution is -0.111. The first-order valence-corrected chi connectivity index (χ1v) is 8.86. The number of carbonyl (C=O) groups excluding carboxylic acids is 1. The van der Waals surface area contributed by atoms with Crippen LogP contribution in [0.2, 0.25) is 5.02 Å². The van der Waals surface area contributed by atoms with Gasteiger partial charge in [-0.3, -0.25) is 4.79 Å². The van der Waals surface area contributed by atoms with Gasteiger partial charge in [0.1, 0.15) is 5.75 Å². The van der Waals surface area contributed by atoms with E-state index in [0.717, 1.165) is 35.3 Å². The van der Waals surface area contributed by atoms with Crippen LogP contribution in [0.5, 0.6) is 5.75 Å². The lowest BCUT2D eigenvalue weighted by Crippen LogP contribution is -2.09. The molecule has 2 aromatic carbocycles. The smallest absolute Gasteiger partial charge is 0.248 e. The number of hydrogen-bond acceptors (Lipinski definition) is 2. The molecule has 25 heavy (non-hydrogen) atoms. The summed E-state index contributed by atoms with van der Waals surface area (Å²) in [5.74, 6) is 0.557. The minimum absolute atomic E-state index is 0.225. The lowest BCUT2D eigenvalue weighted by Gasteiger charge is -2.10. The fourth-order valence-corrected chi connectivity index (χ4v) is 2.85. The lowest BCUT2D eigenvalue weighted by atomic mass is 10.1. The minimum atomic E-state index is -0.225. The summed E-state index contributed by atoms with van der Waals surface area (Å²) in [7, 11) is 0. The van der Waals surface area contributed by atoms with E-state index in [0.29, 0.717) is 17.3 Å². The van der Waals surface area contributed by atoms with Crippen molar-refractivity contribution in [2.24, 2.45) is 0 Å². The molecule has 0 heterocycles. The van der Waals surface area contributed by atoms with Crippen molar-refractivity contribution in [2.45, 2.75) is 33.6 Å². The molecule has 132 valence electrons. The summed E-state index contributed by atoms with van der Waals surface area (Å²) in [6.07, 6.45) is 5.34. The fraction of sp³-hybridized carbons (Fsp3) is 0.286. The molecular formula is C21H24ClNO2. The molecule has 1 N–H and O–H groups in total. The Balaban J connectivity index is 2.08. The minimum Gasteiger partial charge on any atom is -0.493 e. The topological polar surface area (TPSA) is 38.3 Å². The van der Waals surface area contributed by atoms with E-state index >= 15 is 0 Å². The quantitative estimate of drug-likeness (QED) is 0.503. The van der Waals surface area contributed by atoms with Crippen LogP contribution in [-0.2, 0) is 4.79 Å². The van der Waals surface area contributed by atoms with Crippen LogP contribution >= 0.6 is 11.6 Å². The van der Waals surface area contributed by atoms with Crippen molar-refractivity contribution in [1.82, 2.24) is 0 Å². The maximum absolute atomic E-state index is 12.2. The zero-order chi connectivity index (χ0) is 18.2. The van der Waals surface area contributed by atoms with Gasteiger partial charge in [-0.1, -0.05) is 49.2 Å². The first-order chi connectivity index (χ1) is 12.0. The van der Waals surface area contributed by atoms with E-state index < -0.39 is 0 Å². The second kappa shape index (κ2) is 9.28. The van der Waals surface area contributed by atoms with E-state index in [1.807, 2.05) is 50.2 Å². The number of amides is 1. The molecule has 2 rings (SSSR count). The number of benzene rings is 2. The van der Waals surface area contributed by atoms with E-state index in [2.05, 4.69) is 12.2 Å². The van der Waals surface area contributed by atoms with Crippen molar-refractivity contribution >= 4 is 29.3 Å². The highest BCUT2D eigenvalue weighted by molar-refractivity contribution is 6.34. The predicted molar refractivity (Wildman–Crippen MR) is 105 cm³/mol. The largest absolute Gasteiger partial charge is 0.493 e. The van der Waals surface area contributed by atoms with Crippen molar-refractivity contribution < 1.29 is 9.53 Å². The highest BCUT2D eigenvalue weighted by Crippen LogP contribution is 2.27. The van der Waals surface area contributed by atoms with E-state index in [-0.39, 0.29) is 5.91 Å². The number of hydrogen-bond donors (Lipinski definition) is 1. The highest BCUT2D eigenvalue weighted by atomic mass is 35.5. The number of nitrogens with one attached hydrogen (secondary N) is 1. The fourth-order valence-electron chi connectivity index (χ4n) is 2.48. The first-order valence-electron chi connectivity index (χ1n) is 8.49. The number of ether oxygens (including phenoxy) is 1. The number of aryl methyl sites for hydroxylation is 2. The summed E-state index contributed by atoms with van der Waals surface area (Å²) in [4.78, 5) is 12.2. The standard InChI is InChI=1S/C21H24ClNO2/c1-4-5-12-25-19-9-7-6-8-17(19)10-11-20(24)23-21-16(3)13-15(2)14-18(21)22/h6-11,13-14H,4-5,12H2,1-3H3,(H,23,24). The molecule has 0 aromatic heterocycles. The van der Waals surface area contributed by atoms with E-state index in [4.69, 9.17) is 16.3 Å². The van der Waals surface area contributed by atoms with Gasteiger partial charge in [0.25, 0.3) is 0 Å². The van der Waals surface area contributed by atoms with E-state index in [9.17, 15) is 4.79 Å². The molecule has 0 bridgehead atoms. The monoisotopic (exact) mass is 357 g/mol. The number of rotatable bonds is 7. The van der Waals surface area contributed by atoms with Crippen molar-refractivity contribution in [3.63, 3.8) is 0 Å². The number of anilines is 1. The Bertz CT molecular complexity index is 745. The number of halogens is 1. The molecule has 0 aliphatic carbocycles. The van der Waals surface area contributed by atoms with Crippen LogP contribution in [0, 0.1) is 13.8 Å². The van der Waals surface area contributed by atoms with Crippen LogP contribution in [0.3, 0.4) is 0 Å². The molecular weight excluding hydrogens is 334 g/mol. The van der Waals surface area contributed by atoms with Crippen LogP contribution in [-0.4, -0.2) is 12.5 Å². The maximum atomic E-state index is 12.2. The Kier molecular flexibility index (Phi) is 7.08. The third-order valence-electron chi connectivity index (χ3n) is 3.77. The maximum Gasteiger partial charge on any atom is 0.248 e. The molecule has 2 aromatic rings. The van der Waals surface area contributed by atoms with Crippen LogP contribution in [0.25, 0.3) is 6.08 Å². The third kappa shape index (κ3) is 5.64. The second-order valence-electron chi connectivity index (χ2n) is 6.00. The van der Waals surface area contributed by atoms with Gasteiger partial charge in [-0.05, 0) is 49.6 Å². The molecule has 0 radical (unpaired) electrons. The Hall–Kier alpha value is -2.26. The van der Waals surface area contributed by atoms with Gasteiger partial charge < -0.3 is 10.1 Å². The summed E-state index contributed by atoms with van der Waals surface area (Å²) in [5, 5.41) is 3.39. The van der Waals surface area contributed by atoms with Gasteiger partial charge in [-0.2, -0.15) is 0 Å². The van der Waals surface area contributed by atoms with Crippen LogP contribution in [0.1, 0.15) is 36.5 Å². The summed E-state index contributed by atoms with van der Waals surface area (Å²) < 4.78 is 5.78. The molecule has 0 saturated heterocycles. The molecule has 3 nitrogen and oxygen atoms in total. The molecule has 4 heteroatoms. The molecule has 0 spiro atoms. The number of carbonyl (C=O) groups is 1. The Morgan fingerprint density at radius 2 is 2.00 bits per heavy atom. The molecule has 0 aliphatic heterocycles. The van der Waals surface area contributed by atoms with Crippen molar-refractivity contribution in [3.8, 4) is 5.75 Å². The zero-order valence-corrected chi connectivity index (χ0v) is 15.7. The summed E-state index contributed by atoms with van der Waals surface area (Å²) in [5.41, 5.74) is 3.53. The SMILES string of the molecule is CCCCOc1ccccc1C=CC(=O)Nc1c(C)cc(C)cc1Cl. The molecule has 0 unspecified atom stereocenters. The Labute approximate surface area is 154 Å². The second-order valence-corrected chi connectivity index (χ2v) is 6.41. The summed E-state index contributed by atoms with van der Waals surface area (Å²) in [6.45, 7) is 6.69. The average Bonchev–Trinajstić information content (AvgIpc) is 2.57. The highest BCUT2D eigenvalue weighted by Gasteiger charge is 2.08. The molecule has 0 saturated carbocycles. The van der Waals surface area contributed by atoms with E-state index in [1.54, 1.807) is 6.08 Å². The van der Waals surface area contributed by atoms with Crippen molar-refractivity contribution in [2.75, 3.05) is 11.9 Å². The van der Waals surface area contributed by atoms with Crippen molar-refractivity contribution in [1.29, 1.82) is 0 Å². The van der Waals surface area contributed by atoms with Crippen LogP contribution in [0.4, 0.5) is 5.69 Å². The number of para-hydroxylation sites is 1. The Morgan fingerprint density at radius 3 is 2.72 bits per heavy atom. The average molecular weight is 358 g/mol. The van der Waals surface area contributed by atoms with Crippen molar-refractivity contribution in [3.05, 3.63) is 64.2 Å². The van der Waals surface area contributed by atoms with Gasteiger partial charge in [0.05, 0.1) is 17.3 Å². The number of unbranched alkanes of at least 4 members (excludes halogenated alkanes) is 1. The third-order valence-corrected chi connectivity index (χ3v) is 4.07. The normalized spacial score (nSPS) is 10.9. The summed E-state index contributed by atoms with van der Waals surface area (Å²) >= 11 is 6.23. The van der Waals surface area contributed by atoms with Gasteiger partial charge in [0, 0.05) is 11.6 Å². The van der Waals surface area contributed by atoms with Gasteiger partial charge in [0.15, 0.2) is 0 Å². The van der Waals surface area contributed by atoms with Crippen LogP contribution < -0.4 is 10.1 Å².